The van der Waals surface area contributed by atoms with Crippen LogP contribution in [0.5, 0.6) is 0 Å². The van der Waals surface area contributed by atoms with Crippen molar-refractivity contribution in [3.63, 3.8) is 0 Å². The van der Waals surface area contributed by atoms with E-state index in [9.17, 15) is 9.59 Å². The molecule has 5 heteroatoms. The number of hydrogen-bond acceptors (Lipinski definition) is 5. The molecule has 34 heavy (non-hydrogen) atoms. The third kappa shape index (κ3) is 3.99. The highest BCUT2D eigenvalue weighted by Crippen LogP contribution is 2.29. The Hall–Kier alpha value is -4.51. The number of methoxy groups -OCH3 is 2. The fourth-order valence-corrected chi connectivity index (χ4v) is 4.09. The smallest absolute Gasteiger partial charge is 0.337 e. The summed E-state index contributed by atoms with van der Waals surface area (Å²) < 4.78 is 9.69. The number of ether oxygens (including phenoxy) is 2. The van der Waals surface area contributed by atoms with Gasteiger partial charge in [-0.2, -0.15) is 0 Å². The molecule has 5 rings (SSSR count). The number of aromatic nitrogens is 1. The SMILES string of the molecule is COC(=O)c1cccc(-c2ccc3nc4ccc(-c5cccc(C(=O)OC)c5)cc4cc3c2)c1. The lowest BCUT2D eigenvalue weighted by Gasteiger charge is -2.09. The van der Waals surface area contributed by atoms with Gasteiger partial charge in [0.15, 0.2) is 0 Å². The highest BCUT2D eigenvalue weighted by atomic mass is 16.5. The molecule has 0 atom stereocenters. The fraction of sp³-hybridized carbons (Fsp3) is 0.0690. The van der Waals surface area contributed by atoms with E-state index in [0.717, 1.165) is 44.1 Å². The Morgan fingerprint density at radius 3 is 1.44 bits per heavy atom. The summed E-state index contributed by atoms with van der Waals surface area (Å²) >= 11 is 0. The Labute approximate surface area is 196 Å². The summed E-state index contributed by atoms with van der Waals surface area (Å²) in [7, 11) is 2.75. The Kier molecular flexibility index (Phi) is 5.52. The topological polar surface area (TPSA) is 65.5 Å². The number of esters is 2. The van der Waals surface area contributed by atoms with Crippen molar-refractivity contribution in [3.05, 3.63) is 102 Å². The second-order valence-corrected chi connectivity index (χ2v) is 7.95. The summed E-state index contributed by atoms with van der Waals surface area (Å²) in [4.78, 5) is 28.7. The Bertz CT molecular complexity index is 1460. The van der Waals surface area contributed by atoms with Crippen molar-refractivity contribution in [2.24, 2.45) is 0 Å². The van der Waals surface area contributed by atoms with Gasteiger partial charge in [0.2, 0.25) is 0 Å². The standard InChI is InChI=1S/C29H21NO4/c1-33-28(31)22-7-3-5-18(13-22)20-9-11-26-24(15-20)17-25-16-21(10-12-27(25)30-26)19-6-4-8-23(14-19)29(32)34-2/h3-17H,1-2H3. The van der Waals surface area contributed by atoms with Gasteiger partial charge in [-0.25, -0.2) is 14.6 Å². The van der Waals surface area contributed by atoms with Gasteiger partial charge in [-0.05, 0) is 76.9 Å². The third-order valence-corrected chi connectivity index (χ3v) is 5.84. The van der Waals surface area contributed by atoms with E-state index in [-0.39, 0.29) is 11.9 Å². The van der Waals surface area contributed by atoms with E-state index < -0.39 is 0 Å². The van der Waals surface area contributed by atoms with Crippen molar-refractivity contribution >= 4 is 33.7 Å². The van der Waals surface area contributed by atoms with E-state index in [2.05, 4.69) is 18.2 Å². The Morgan fingerprint density at radius 2 is 1.00 bits per heavy atom. The van der Waals surface area contributed by atoms with Gasteiger partial charge in [0, 0.05) is 10.8 Å². The third-order valence-electron chi connectivity index (χ3n) is 5.84. The average molecular weight is 447 g/mol. The maximum Gasteiger partial charge on any atom is 0.337 e. The molecule has 1 heterocycles. The number of fused-ring (bicyclic) bond motifs is 2. The van der Waals surface area contributed by atoms with Crippen molar-refractivity contribution < 1.29 is 19.1 Å². The second-order valence-electron chi connectivity index (χ2n) is 7.95. The van der Waals surface area contributed by atoms with Crippen LogP contribution in [0, 0.1) is 0 Å². The molecule has 0 N–H and O–H groups in total. The molecule has 0 aliphatic carbocycles. The summed E-state index contributed by atoms with van der Waals surface area (Å²) in [5.74, 6) is -0.724. The number of hydrogen-bond donors (Lipinski definition) is 0. The van der Waals surface area contributed by atoms with Gasteiger partial charge in [-0.3, -0.25) is 0 Å². The average Bonchev–Trinajstić information content (AvgIpc) is 2.90. The highest BCUT2D eigenvalue weighted by molar-refractivity contribution is 5.97. The molecule has 0 bridgehead atoms. The summed E-state index contributed by atoms with van der Waals surface area (Å²) in [5, 5.41) is 1.99. The van der Waals surface area contributed by atoms with Gasteiger partial charge < -0.3 is 9.47 Å². The minimum atomic E-state index is -0.362. The quantitative estimate of drug-likeness (QED) is 0.239. The lowest BCUT2D eigenvalue weighted by atomic mass is 9.98. The lowest BCUT2D eigenvalue weighted by Crippen LogP contribution is -2.00. The van der Waals surface area contributed by atoms with Crippen LogP contribution in [0.4, 0.5) is 0 Å². The van der Waals surface area contributed by atoms with Gasteiger partial charge in [0.05, 0.1) is 36.4 Å². The van der Waals surface area contributed by atoms with Gasteiger partial charge >= 0.3 is 11.9 Å². The maximum atomic E-state index is 11.9. The molecule has 0 saturated heterocycles. The van der Waals surface area contributed by atoms with Gasteiger partial charge in [-0.15, -0.1) is 0 Å². The zero-order valence-electron chi connectivity index (χ0n) is 18.7. The molecule has 4 aromatic carbocycles. The number of benzene rings is 4. The largest absolute Gasteiger partial charge is 0.465 e. The molecule has 1 aromatic heterocycles. The van der Waals surface area contributed by atoms with Crippen LogP contribution in [0.3, 0.4) is 0 Å². The lowest BCUT2D eigenvalue weighted by molar-refractivity contribution is 0.0592. The van der Waals surface area contributed by atoms with E-state index in [1.54, 1.807) is 12.1 Å². The Morgan fingerprint density at radius 1 is 0.559 bits per heavy atom. The van der Waals surface area contributed by atoms with Crippen molar-refractivity contribution in [1.29, 1.82) is 0 Å². The predicted molar refractivity (Wildman–Crippen MR) is 133 cm³/mol. The van der Waals surface area contributed by atoms with E-state index in [1.807, 2.05) is 60.7 Å². The maximum absolute atomic E-state index is 11.9. The Balaban J connectivity index is 1.57. The molecule has 0 aliphatic heterocycles. The molecule has 0 saturated carbocycles. The minimum Gasteiger partial charge on any atom is -0.465 e. The normalized spacial score (nSPS) is 10.9. The van der Waals surface area contributed by atoms with E-state index in [0.29, 0.717) is 11.1 Å². The summed E-state index contributed by atoms with van der Waals surface area (Å²) in [6, 6.07) is 29.0. The van der Waals surface area contributed by atoms with Gasteiger partial charge in [0.1, 0.15) is 0 Å². The molecule has 0 aliphatic rings. The molecule has 5 nitrogen and oxygen atoms in total. The fourth-order valence-electron chi connectivity index (χ4n) is 4.09. The number of carbonyl (C=O) groups excluding carboxylic acids is 2. The molecular formula is C29H21NO4. The predicted octanol–water partition coefficient (Wildman–Crippen LogP) is 6.30. The van der Waals surface area contributed by atoms with E-state index in [1.165, 1.54) is 14.2 Å². The molecule has 5 aromatic rings. The molecule has 0 spiro atoms. The number of nitrogens with zero attached hydrogens (tertiary/aromatic N) is 1. The van der Waals surface area contributed by atoms with Crippen LogP contribution in [-0.4, -0.2) is 31.1 Å². The number of pyridine rings is 1. The van der Waals surface area contributed by atoms with Crippen LogP contribution in [0.2, 0.25) is 0 Å². The first-order valence-corrected chi connectivity index (χ1v) is 10.8. The van der Waals surface area contributed by atoms with Crippen LogP contribution in [-0.2, 0) is 9.47 Å². The first-order valence-electron chi connectivity index (χ1n) is 10.8. The van der Waals surface area contributed by atoms with Crippen molar-refractivity contribution in [3.8, 4) is 22.3 Å². The van der Waals surface area contributed by atoms with Crippen molar-refractivity contribution in [2.45, 2.75) is 0 Å². The zero-order valence-corrected chi connectivity index (χ0v) is 18.7. The number of carbonyl (C=O) groups is 2. The first kappa shape index (κ1) is 21.3. The second kappa shape index (κ2) is 8.79. The highest BCUT2D eigenvalue weighted by Gasteiger charge is 2.10. The molecule has 0 radical (unpaired) electrons. The van der Waals surface area contributed by atoms with Gasteiger partial charge in [-0.1, -0.05) is 36.4 Å². The molecule has 0 unspecified atom stereocenters. The molecule has 0 fully saturated rings. The monoisotopic (exact) mass is 447 g/mol. The van der Waals surface area contributed by atoms with Gasteiger partial charge in [0.25, 0.3) is 0 Å². The zero-order chi connectivity index (χ0) is 23.7. The molecular weight excluding hydrogens is 426 g/mol. The molecule has 0 amide bonds. The summed E-state index contributed by atoms with van der Waals surface area (Å²) in [5.41, 5.74) is 6.63. The number of rotatable bonds is 4. The summed E-state index contributed by atoms with van der Waals surface area (Å²) in [6.45, 7) is 0. The van der Waals surface area contributed by atoms with Crippen LogP contribution in [0.15, 0.2) is 91.0 Å². The van der Waals surface area contributed by atoms with Crippen molar-refractivity contribution in [1.82, 2.24) is 4.98 Å². The van der Waals surface area contributed by atoms with Crippen LogP contribution < -0.4 is 0 Å². The van der Waals surface area contributed by atoms with Crippen LogP contribution in [0.25, 0.3) is 44.1 Å². The first-order chi connectivity index (χ1) is 16.6. The van der Waals surface area contributed by atoms with Crippen LogP contribution >= 0.6 is 0 Å². The summed E-state index contributed by atoms with van der Waals surface area (Å²) in [6.07, 6.45) is 0. The minimum absolute atomic E-state index is 0.362. The van der Waals surface area contributed by atoms with E-state index >= 15 is 0 Å². The molecule has 166 valence electrons. The van der Waals surface area contributed by atoms with Crippen molar-refractivity contribution in [2.75, 3.05) is 14.2 Å². The van der Waals surface area contributed by atoms with Crippen LogP contribution in [0.1, 0.15) is 20.7 Å². The van der Waals surface area contributed by atoms with E-state index in [4.69, 9.17) is 14.5 Å².